The summed E-state index contributed by atoms with van der Waals surface area (Å²) < 4.78 is 0. The summed E-state index contributed by atoms with van der Waals surface area (Å²) in [5.74, 6) is 0. The van der Waals surface area contributed by atoms with Crippen molar-refractivity contribution in [1.82, 2.24) is 9.97 Å². The molecule has 4 rings (SSSR count). The number of nitrogens with zero attached hydrogens (tertiary/aromatic N) is 2. The Morgan fingerprint density at radius 1 is 0.625 bits per heavy atom. The molecule has 0 amide bonds. The van der Waals surface area contributed by atoms with Crippen LogP contribution in [0.5, 0.6) is 0 Å². The highest BCUT2D eigenvalue weighted by Crippen LogP contribution is 2.32. The molecule has 2 heteroatoms. The standard InChI is InChI=1S/C22H20N2/c1-3-17-13-15-9-5-7-11-19(15)21(23-17)22-20-12-8-6-10-16(20)14-18(4-2)24-22/h5-14H,3-4H2,1-2H3. The van der Waals surface area contributed by atoms with E-state index in [1.165, 1.54) is 21.5 Å². The molecule has 24 heavy (non-hydrogen) atoms. The van der Waals surface area contributed by atoms with Gasteiger partial charge in [0.25, 0.3) is 0 Å². The Hall–Kier alpha value is -2.74. The molecular weight excluding hydrogens is 292 g/mol. The van der Waals surface area contributed by atoms with E-state index in [0.29, 0.717) is 0 Å². The average Bonchev–Trinajstić information content (AvgIpc) is 2.66. The van der Waals surface area contributed by atoms with Gasteiger partial charge in [0.2, 0.25) is 0 Å². The van der Waals surface area contributed by atoms with E-state index in [1.54, 1.807) is 0 Å². The van der Waals surface area contributed by atoms with Crippen molar-refractivity contribution in [2.75, 3.05) is 0 Å². The Labute approximate surface area is 142 Å². The SMILES string of the molecule is CCc1cc2ccccc2c(-c2nc(CC)cc3ccccc23)n1. The van der Waals surface area contributed by atoms with Gasteiger partial charge in [-0.15, -0.1) is 0 Å². The van der Waals surface area contributed by atoms with Crippen LogP contribution in [0.2, 0.25) is 0 Å². The molecule has 0 aliphatic carbocycles. The zero-order valence-electron chi connectivity index (χ0n) is 14.1. The van der Waals surface area contributed by atoms with Gasteiger partial charge in [0.15, 0.2) is 0 Å². The third-order valence-corrected chi connectivity index (χ3v) is 4.54. The van der Waals surface area contributed by atoms with Gasteiger partial charge >= 0.3 is 0 Å². The summed E-state index contributed by atoms with van der Waals surface area (Å²) in [6, 6.07) is 21.3. The van der Waals surface area contributed by atoms with Crippen LogP contribution < -0.4 is 0 Å². The van der Waals surface area contributed by atoms with Crippen LogP contribution in [0.4, 0.5) is 0 Å². The van der Waals surface area contributed by atoms with Gasteiger partial charge in [-0.3, -0.25) is 9.97 Å². The first kappa shape index (κ1) is 14.8. The van der Waals surface area contributed by atoms with Crippen LogP contribution in [0.1, 0.15) is 25.2 Å². The molecule has 0 saturated heterocycles. The van der Waals surface area contributed by atoms with Gasteiger partial charge in [-0.2, -0.15) is 0 Å². The predicted octanol–water partition coefficient (Wildman–Crippen LogP) is 5.57. The van der Waals surface area contributed by atoms with E-state index in [-0.39, 0.29) is 0 Å². The first-order chi connectivity index (χ1) is 11.8. The summed E-state index contributed by atoms with van der Waals surface area (Å²) in [6.45, 7) is 4.30. The number of aromatic nitrogens is 2. The van der Waals surface area contributed by atoms with E-state index in [4.69, 9.17) is 9.97 Å². The first-order valence-electron chi connectivity index (χ1n) is 8.58. The van der Waals surface area contributed by atoms with Crippen LogP contribution in [-0.2, 0) is 12.8 Å². The topological polar surface area (TPSA) is 25.8 Å². The fourth-order valence-corrected chi connectivity index (χ4v) is 3.23. The minimum atomic E-state index is 0.920. The third kappa shape index (κ3) is 2.44. The van der Waals surface area contributed by atoms with Gasteiger partial charge in [-0.1, -0.05) is 62.4 Å². The second-order valence-corrected chi connectivity index (χ2v) is 6.07. The molecular formula is C22H20N2. The Kier molecular flexibility index (Phi) is 3.73. The minimum Gasteiger partial charge on any atom is -0.251 e. The summed E-state index contributed by atoms with van der Waals surface area (Å²) in [5.41, 5.74) is 4.21. The smallest absolute Gasteiger partial charge is 0.0974 e. The maximum atomic E-state index is 4.95. The number of benzene rings is 2. The van der Waals surface area contributed by atoms with Crippen molar-refractivity contribution in [2.24, 2.45) is 0 Å². The lowest BCUT2D eigenvalue weighted by Crippen LogP contribution is -1.98. The van der Waals surface area contributed by atoms with Crippen LogP contribution in [-0.4, -0.2) is 9.97 Å². The largest absolute Gasteiger partial charge is 0.251 e. The highest BCUT2D eigenvalue weighted by Gasteiger charge is 2.13. The van der Waals surface area contributed by atoms with Gasteiger partial charge in [-0.25, -0.2) is 0 Å². The van der Waals surface area contributed by atoms with E-state index in [1.807, 2.05) is 0 Å². The molecule has 0 fully saturated rings. The molecule has 0 unspecified atom stereocenters. The number of aryl methyl sites for hydroxylation is 2. The highest BCUT2D eigenvalue weighted by molar-refractivity contribution is 6.02. The zero-order chi connectivity index (χ0) is 16.5. The number of hydrogen-bond acceptors (Lipinski definition) is 2. The molecule has 2 aromatic carbocycles. The lowest BCUT2D eigenvalue weighted by Gasteiger charge is -2.12. The second-order valence-electron chi connectivity index (χ2n) is 6.07. The molecule has 0 radical (unpaired) electrons. The maximum absolute atomic E-state index is 4.95. The van der Waals surface area contributed by atoms with Crippen molar-refractivity contribution in [3.05, 3.63) is 72.1 Å². The van der Waals surface area contributed by atoms with Crippen LogP contribution in [0.25, 0.3) is 32.9 Å². The highest BCUT2D eigenvalue weighted by atomic mass is 14.8. The van der Waals surface area contributed by atoms with Crippen LogP contribution in [0.15, 0.2) is 60.7 Å². The average molecular weight is 312 g/mol. The molecule has 0 aliphatic heterocycles. The summed E-state index contributed by atoms with van der Waals surface area (Å²) >= 11 is 0. The van der Waals surface area contributed by atoms with Crippen molar-refractivity contribution in [3.63, 3.8) is 0 Å². The molecule has 0 spiro atoms. The quantitative estimate of drug-likeness (QED) is 0.494. The van der Waals surface area contributed by atoms with Gasteiger partial charge in [-0.05, 0) is 35.7 Å². The first-order valence-corrected chi connectivity index (χ1v) is 8.58. The van der Waals surface area contributed by atoms with E-state index in [2.05, 4.69) is 74.5 Å². The van der Waals surface area contributed by atoms with Crippen LogP contribution >= 0.6 is 0 Å². The summed E-state index contributed by atoms with van der Waals surface area (Å²) in [7, 11) is 0. The molecule has 0 aliphatic rings. The van der Waals surface area contributed by atoms with E-state index in [0.717, 1.165) is 35.6 Å². The fourth-order valence-electron chi connectivity index (χ4n) is 3.23. The Bertz CT molecular complexity index is 949. The monoisotopic (exact) mass is 312 g/mol. The summed E-state index contributed by atoms with van der Waals surface area (Å²) in [4.78, 5) is 9.91. The molecule has 0 N–H and O–H groups in total. The van der Waals surface area contributed by atoms with Gasteiger partial charge in [0, 0.05) is 22.2 Å². The lowest BCUT2D eigenvalue weighted by atomic mass is 10.0. The molecule has 4 aromatic rings. The van der Waals surface area contributed by atoms with Crippen LogP contribution in [0, 0.1) is 0 Å². The van der Waals surface area contributed by atoms with E-state index >= 15 is 0 Å². The zero-order valence-corrected chi connectivity index (χ0v) is 14.1. The number of fused-ring (bicyclic) bond motifs is 2. The normalized spacial score (nSPS) is 11.2. The fraction of sp³-hybridized carbons (Fsp3) is 0.182. The van der Waals surface area contributed by atoms with Gasteiger partial charge < -0.3 is 0 Å². The minimum absolute atomic E-state index is 0.920. The van der Waals surface area contributed by atoms with Crippen molar-refractivity contribution >= 4 is 21.5 Å². The summed E-state index contributed by atoms with van der Waals surface area (Å²) in [5, 5.41) is 4.79. The predicted molar refractivity (Wildman–Crippen MR) is 101 cm³/mol. The molecule has 0 atom stereocenters. The Morgan fingerprint density at radius 3 is 1.46 bits per heavy atom. The Balaban J connectivity index is 2.13. The maximum Gasteiger partial charge on any atom is 0.0974 e. The molecule has 0 saturated carbocycles. The van der Waals surface area contributed by atoms with Crippen molar-refractivity contribution in [1.29, 1.82) is 0 Å². The molecule has 0 bridgehead atoms. The third-order valence-electron chi connectivity index (χ3n) is 4.54. The van der Waals surface area contributed by atoms with Gasteiger partial charge in [0.1, 0.15) is 0 Å². The number of hydrogen-bond donors (Lipinski definition) is 0. The lowest BCUT2D eigenvalue weighted by molar-refractivity contribution is 1.03. The molecule has 118 valence electrons. The van der Waals surface area contributed by atoms with E-state index < -0.39 is 0 Å². The molecule has 2 aromatic heterocycles. The van der Waals surface area contributed by atoms with Crippen molar-refractivity contribution in [3.8, 4) is 11.4 Å². The van der Waals surface area contributed by atoms with E-state index in [9.17, 15) is 0 Å². The van der Waals surface area contributed by atoms with Crippen molar-refractivity contribution in [2.45, 2.75) is 26.7 Å². The van der Waals surface area contributed by atoms with Crippen molar-refractivity contribution < 1.29 is 0 Å². The second kappa shape index (κ2) is 6.04. The Morgan fingerprint density at radius 2 is 1.04 bits per heavy atom. The molecule has 2 heterocycles. The van der Waals surface area contributed by atoms with Crippen LogP contribution in [0.3, 0.4) is 0 Å². The molecule has 2 nitrogen and oxygen atoms in total. The van der Waals surface area contributed by atoms with Gasteiger partial charge in [0.05, 0.1) is 11.4 Å². The summed E-state index contributed by atoms with van der Waals surface area (Å²) in [6.07, 6.45) is 1.84. The number of rotatable bonds is 3. The number of pyridine rings is 2.